The molecule has 1 aliphatic rings. The lowest BCUT2D eigenvalue weighted by Crippen LogP contribution is -2.42. The van der Waals surface area contributed by atoms with Gasteiger partial charge in [0.25, 0.3) is 0 Å². The molecule has 0 heterocycles. The Morgan fingerprint density at radius 1 is 1.41 bits per heavy atom. The summed E-state index contributed by atoms with van der Waals surface area (Å²) in [6.07, 6.45) is 2.04. The van der Waals surface area contributed by atoms with E-state index in [9.17, 15) is 14.5 Å². The van der Waals surface area contributed by atoms with Crippen molar-refractivity contribution in [3.63, 3.8) is 0 Å². The Bertz CT molecular complexity index is 550. The van der Waals surface area contributed by atoms with Gasteiger partial charge in [0, 0.05) is 6.54 Å². The summed E-state index contributed by atoms with van der Waals surface area (Å²) in [4.78, 5) is 13.0. The first-order valence-corrected chi connectivity index (χ1v) is 8.37. The quantitative estimate of drug-likeness (QED) is 0.668. The number of benzene rings is 1. The van der Waals surface area contributed by atoms with Crippen molar-refractivity contribution >= 4 is 23.7 Å². The lowest BCUT2D eigenvalue weighted by molar-refractivity contribution is 0.130. The molecule has 0 aromatic heterocycles. The van der Waals surface area contributed by atoms with E-state index in [-0.39, 0.29) is 0 Å². The first-order chi connectivity index (χ1) is 10.2. The Kier molecular flexibility index (Phi) is 4.82. The average molecular weight is 322 g/mol. The second kappa shape index (κ2) is 6.30. The topological polar surface area (TPSA) is 76.0 Å². The summed E-state index contributed by atoms with van der Waals surface area (Å²) in [5.41, 5.74) is 0.323. The molecule has 1 aromatic carbocycles. The van der Waals surface area contributed by atoms with Gasteiger partial charge in [-0.05, 0) is 39.2 Å². The lowest BCUT2D eigenvalue weighted by atomic mass is 10.1. The third kappa shape index (κ3) is 4.01. The summed E-state index contributed by atoms with van der Waals surface area (Å²) >= 11 is -1.37. The molecule has 0 bridgehead atoms. The van der Waals surface area contributed by atoms with Gasteiger partial charge in [-0.2, -0.15) is 0 Å². The monoisotopic (exact) mass is 322 g/mol. The van der Waals surface area contributed by atoms with Gasteiger partial charge in [0.15, 0.2) is 0 Å². The van der Waals surface area contributed by atoms with Gasteiger partial charge in [0.05, 0.1) is 11.8 Å². The molecule has 0 aliphatic heterocycles. The number of rotatable bonds is 5. The predicted octanol–water partition coefficient (Wildman–Crippen LogP) is 3.23. The van der Waals surface area contributed by atoms with Crippen molar-refractivity contribution in [2.45, 2.75) is 50.4 Å². The molecule has 1 amide bonds. The van der Waals surface area contributed by atoms with E-state index in [2.05, 4.69) is 4.40 Å². The van der Waals surface area contributed by atoms with Gasteiger partial charge < -0.3 is 9.66 Å². The van der Waals surface area contributed by atoms with E-state index in [1.54, 1.807) is 6.21 Å². The molecule has 120 valence electrons. The molecular weight excluding hydrogens is 300 g/mol. The summed E-state index contributed by atoms with van der Waals surface area (Å²) in [6, 6.07) is 9.47. The van der Waals surface area contributed by atoms with Crippen molar-refractivity contribution in [3.05, 3.63) is 35.9 Å². The van der Waals surface area contributed by atoms with Crippen LogP contribution in [0.3, 0.4) is 0 Å². The normalized spacial score (nSPS) is 18.2. The zero-order chi connectivity index (χ0) is 16.4. The molecule has 5 nitrogen and oxygen atoms in total. The molecule has 1 fully saturated rings. The highest BCUT2D eigenvalue weighted by Gasteiger charge is 2.50. The Labute approximate surface area is 134 Å². The number of carbonyl (C=O) groups is 1. The van der Waals surface area contributed by atoms with E-state index in [0.717, 1.165) is 18.4 Å². The number of carboxylic acid groups (broad SMARTS) is 1. The predicted molar refractivity (Wildman–Crippen MR) is 88.4 cm³/mol. The van der Waals surface area contributed by atoms with Crippen molar-refractivity contribution in [3.8, 4) is 0 Å². The van der Waals surface area contributed by atoms with Gasteiger partial charge in [-0.25, -0.2) is 4.79 Å². The first kappa shape index (κ1) is 16.8. The molecule has 22 heavy (non-hydrogen) atoms. The largest absolute Gasteiger partial charge is 0.591 e. The van der Waals surface area contributed by atoms with Crippen LogP contribution in [0.2, 0.25) is 0 Å². The van der Waals surface area contributed by atoms with Gasteiger partial charge >= 0.3 is 6.09 Å². The van der Waals surface area contributed by atoms with E-state index in [4.69, 9.17) is 0 Å². The van der Waals surface area contributed by atoms with Crippen LogP contribution in [0.4, 0.5) is 4.79 Å². The Hall–Kier alpha value is -1.53. The fraction of sp³-hybridized carbons (Fsp3) is 0.500. The molecule has 2 rings (SSSR count). The maximum Gasteiger partial charge on any atom is 0.408 e. The van der Waals surface area contributed by atoms with Crippen LogP contribution in [0.25, 0.3) is 0 Å². The zero-order valence-corrected chi connectivity index (χ0v) is 14.0. The van der Waals surface area contributed by atoms with Crippen LogP contribution >= 0.6 is 0 Å². The smallest absolute Gasteiger partial charge is 0.408 e. The van der Waals surface area contributed by atoms with Crippen molar-refractivity contribution in [1.29, 1.82) is 0 Å². The number of hydrogen-bond acceptors (Lipinski definition) is 3. The van der Waals surface area contributed by atoms with Crippen LogP contribution < -0.4 is 0 Å². The third-order valence-electron chi connectivity index (χ3n) is 3.63. The van der Waals surface area contributed by atoms with Gasteiger partial charge in [-0.15, -0.1) is 0 Å². The molecule has 1 saturated carbocycles. The first-order valence-electron chi connectivity index (χ1n) is 7.26. The Balaban J connectivity index is 2.14. The Morgan fingerprint density at radius 2 is 2.00 bits per heavy atom. The fourth-order valence-corrected chi connectivity index (χ4v) is 2.69. The maximum atomic E-state index is 12.0. The van der Waals surface area contributed by atoms with Gasteiger partial charge in [-0.1, -0.05) is 34.7 Å². The van der Waals surface area contributed by atoms with Crippen LogP contribution in [0.5, 0.6) is 0 Å². The lowest BCUT2D eigenvalue weighted by Gasteiger charge is -2.27. The molecule has 1 aromatic rings. The van der Waals surface area contributed by atoms with Crippen LogP contribution in [-0.4, -0.2) is 37.2 Å². The highest BCUT2D eigenvalue weighted by atomic mass is 32.2. The number of hydrogen-bond donors (Lipinski definition) is 1. The molecule has 0 spiro atoms. The van der Waals surface area contributed by atoms with E-state index < -0.39 is 27.7 Å². The molecule has 6 heteroatoms. The maximum absolute atomic E-state index is 12.0. The molecule has 0 saturated heterocycles. The second-order valence-corrected chi connectivity index (χ2v) is 8.49. The summed E-state index contributed by atoms with van der Waals surface area (Å²) in [7, 11) is 0. The standard InChI is InChI=1S/C16H22N2O3S/c1-15(2,3)22(21)17-12-16(9-10-16)18(14(19)20)11-13-7-5-4-6-8-13/h4-8,12H,9-11H2,1-3H3,(H,19,20)/t22-/m1/s1. The summed E-state index contributed by atoms with van der Waals surface area (Å²) in [5.74, 6) is 0. The zero-order valence-electron chi connectivity index (χ0n) is 13.2. The molecule has 1 aliphatic carbocycles. The van der Waals surface area contributed by atoms with E-state index in [1.165, 1.54) is 4.90 Å². The van der Waals surface area contributed by atoms with Crippen molar-refractivity contribution in [2.24, 2.45) is 4.40 Å². The Morgan fingerprint density at radius 3 is 2.45 bits per heavy atom. The molecule has 0 radical (unpaired) electrons. The SMILES string of the molecule is CC(C)(C)[S@@+]([O-])N=CC1(N(Cc2ccccc2)C(=O)O)CC1. The molecule has 1 atom stereocenters. The minimum Gasteiger partial charge on any atom is -0.591 e. The van der Waals surface area contributed by atoms with E-state index in [1.807, 2.05) is 51.1 Å². The van der Waals surface area contributed by atoms with Crippen molar-refractivity contribution in [1.82, 2.24) is 4.90 Å². The summed E-state index contributed by atoms with van der Waals surface area (Å²) in [5, 5.41) is 9.52. The minimum atomic E-state index is -1.37. The fourth-order valence-electron chi connectivity index (χ4n) is 2.08. The number of amides is 1. The minimum absolute atomic E-state index is 0.310. The highest BCUT2D eigenvalue weighted by molar-refractivity contribution is 7.91. The second-order valence-electron chi connectivity index (χ2n) is 6.55. The van der Waals surface area contributed by atoms with Crippen LogP contribution in [0.15, 0.2) is 34.7 Å². The molecule has 1 N–H and O–H groups in total. The highest BCUT2D eigenvalue weighted by Crippen LogP contribution is 2.41. The van der Waals surface area contributed by atoms with Crippen molar-refractivity contribution < 1.29 is 14.5 Å². The van der Waals surface area contributed by atoms with Crippen LogP contribution in [0, 0.1) is 0 Å². The van der Waals surface area contributed by atoms with E-state index in [0.29, 0.717) is 6.54 Å². The molecular formula is C16H22N2O3S. The van der Waals surface area contributed by atoms with Crippen LogP contribution in [0.1, 0.15) is 39.2 Å². The average Bonchev–Trinajstić information content (AvgIpc) is 3.23. The van der Waals surface area contributed by atoms with Gasteiger partial charge in [0.1, 0.15) is 16.1 Å². The third-order valence-corrected chi connectivity index (χ3v) is 4.97. The van der Waals surface area contributed by atoms with Crippen molar-refractivity contribution in [2.75, 3.05) is 0 Å². The van der Waals surface area contributed by atoms with Crippen LogP contribution in [-0.2, 0) is 17.9 Å². The van der Waals surface area contributed by atoms with Gasteiger partial charge in [0.2, 0.25) is 0 Å². The summed E-state index contributed by atoms with van der Waals surface area (Å²) in [6.45, 7) is 5.85. The summed E-state index contributed by atoms with van der Waals surface area (Å²) < 4.78 is 15.7. The van der Waals surface area contributed by atoms with Gasteiger partial charge in [-0.3, -0.25) is 4.90 Å². The van der Waals surface area contributed by atoms with E-state index >= 15 is 0 Å². The number of nitrogens with zero attached hydrogens (tertiary/aromatic N) is 2. The molecule has 0 unspecified atom stereocenters.